The summed E-state index contributed by atoms with van der Waals surface area (Å²) < 4.78 is 16.7. The maximum atomic E-state index is 5.61. The van der Waals surface area contributed by atoms with E-state index in [1.54, 1.807) is 0 Å². The van der Waals surface area contributed by atoms with E-state index in [0.717, 1.165) is 39.8 Å². The average molecular weight is 357 g/mol. The van der Waals surface area contributed by atoms with Crippen LogP contribution in [-0.2, 0) is 15.9 Å². The zero-order valence-corrected chi connectivity index (χ0v) is 14.8. The highest BCUT2D eigenvalue weighted by molar-refractivity contribution is 5.94. The molecule has 0 saturated carbocycles. The molecule has 4 aromatic rings. The highest BCUT2D eigenvalue weighted by Crippen LogP contribution is 2.32. The first kappa shape index (κ1) is 16.2. The lowest BCUT2D eigenvalue weighted by Gasteiger charge is -2.09. The molecule has 4 nitrogen and oxygen atoms in total. The molecule has 0 unspecified atom stereocenters. The van der Waals surface area contributed by atoms with Crippen LogP contribution in [0.25, 0.3) is 33.4 Å². The fourth-order valence-corrected chi connectivity index (χ4v) is 3.47. The van der Waals surface area contributed by atoms with Crippen molar-refractivity contribution in [1.29, 1.82) is 0 Å². The minimum Gasteiger partial charge on any atom is -0.355 e. The van der Waals surface area contributed by atoms with E-state index >= 15 is 0 Å². The van der Waals surface area contributed by atoms with E-state index < -0.39 is 0 Å². The van der Waals surface area contributed by atoms with Crippen molar-refractivity contribution in [3.63, 3.8) is 0 Å². The molecule has 0 amide bonds. The van der Waals surface area contributed by atoms with Crippen molar-refractivity contribution in [2.45, 2.75) is 12.7 Å². The molecule has 0 aliphatic carbocycles. The van der Waals surface area contributed by atoms with Crippen molar-refractivity contribution in [2.24, 2.45) is 0 Å². The molecule has 1 aromatic heterocycles. The van der Waals surface area contributed by atoms with Crippen molar-refractivity contribution in [1.82, 2.24) is 5.16 Å². The van der Waals surface area contributed by atoms with E-state index in [1.807, 2.05) is 36.4 Å². The first-order chi connectivity index (χ1) is 13.4. The zero-order valence-electron chi connectivity index (χ0n) is 14.8. The predicted octanol–water partition coefficient (Wildman–Crippen LogP) is 5.08. The fourth-order valence-electron chi connectivity index (χ4n) is 3.47. The van der Waals surface area contributed by atoms with Gasteiger partial charge >= 0.3 is 0 Å². The summed E-state index contributed by atoms with van der Waals surface area (Å²) in [5, 5.41) is 5.22. The van der Waals surface area contributed by atoms with Crippen LogP contribution in [-0.4, -0.2) is 24.7 Å². The predicted molar refractivity (Wildman–Crippen MR) is 104 cm³/mol. The van der Waals surface area contributed by atoms with Crippen LogP contribution in [0.4, 0.5) is 0 Å². The summed E-state index contributed by atoms with van der Waals surface area (Å²) in [5.74, 6) is 0.805. The van der Waals surface area contributed by atoms with Crippen LogP contribution in [0.1, 0.15) is 5.56 Å². The maximum Gasteiger partial charge on any atom is 0.174 e. The summed E-state index contributed by atoms with van der Waals surface area (Å²) in [6.45, 7) is 1.37. The summed E-state index contributed by atoms with van der Waals surface area (Å²) in [6, 6.07) is 24.9. The van der Waals surface area contributed by atoms with Gasteiger partial charge in [-0.3, -0.25) is 0 Å². The van der Waals surface area contributed by atoms with Gasteiger partial charge in [0.05, 0.1) is 18.6 Å². The monoisotopic (exact) mass is 357 g/mol. The Bertz CT molecular complexity index is 1050. The van der Waals surface area contributed by atoms with Crippen LogP contribution in [0.2, 0.25) is 0 Å². The average Bonchev–Trinajstić information content (AvgIpc) is 3.38. The molecule has 0 spiro atoms. The molecule has 0 atom stereocenters. The van der Waals surface area contributed by atoms with Gasteiger partial charge < -0.3 is 14.0 Å². The van der Waals surface area contributed by atoms with Gasteiger partial charge in [0.1, 0.15) is 5.52 Å². The molecule has 0 radical (unpaired) electrons. The first-order valence-corrected chi connectivity index (χ1v) is 9.14. The molecule has 27 heavy (non-hydrogen) atoms. The Morgan fingerprint density at radius 2 is 1.52 bits per heavy atom. The van der Waals surface area contributed by atoms with E-state index in [4.69, 9.17) is 14.0 Å². The topological polar surface area (TPSA) is 44.5 Å². The Morgan fingerprint density at radius 3 is 2.30 bits per heavy atom. The number of ether oxygens (including phenoxy) is 2. The summed E-state index contributed by atoms with van der Waals surface area (Å²) >= 11 is 0. The molecule has 0 N–H and O–H groups in total. The van der Waals surface area contributed by atoms with Crippen LogP contribution >= 0.6 is 0 Å². The van der Waals surface area contributed by atoms with Gasteiger partial charge in [0, 0.05) is 12.0 Å². The lowest BCUT2D eigenvalue weighted by Crippen LogP contribution is -2.10. The number of aromatic nitrogens is 1. The first-order valence-electron chi connectivity index (χ1n) is 9.14. The quantitative estimate of drug-likeness (QED) is 0.511. The molecule has 4 heteroatoms. The Labute approximate surface area is 157 Å². The Kier molecular flexibility index (Phi) is 4.20. The Balaban J connectivity index is 1.46. The van der Waals surface area contributed by atoms with Crippen LogP contribution in [0.5, 0.6) is 0 Å². The largest absolute Gasteiger partial charge is 0.355 e. The molecule has 1 aliphatic rings. The highest BCUT2D eigenvalue weighted by Gasteiger charge is 2.16. The number of benzene rings is 3. The van der Waals surface area contributed by atoms with Crippen molar-refractivity contribution >= 4 is 10.9 Å². The van der Waals surface area contributed by atoms with Gasteiger partial charge in [0.15, 0.2) is 12.1 Å². The molecule has 134 valence electrons. The van der Waals surface area contributed by atoms with E-state index in [1.165, 1.54) is 5.56 Å². The molecule has 1 aliphatic heterocycles. The second-order valence-corrected chi connectivity index (χ2v) is 6.68. The van der Waals surface area contributed by atoms with Gasteiger partial charge in [0.25, 0.3) is 0 Å². The number of rotatable bonds is 4. The summed E-state index contributed by atoms with van der Waals surface area (Å²) in [7, 11) is 0. The lowest BCUT2D eigenvalue weighted by atomic mass is 10.00. The van der Waals surface area contributed by atoms with E-state index in [2.05, 4.69) is 41.6 Å². The normalized spacial score (nSPS) is 14.8. The molecule has 1 saturated heterocycles. The van der Waals surface area contributed by atoms with Crippen LogP contribution < -0.4 is 0 Å². The number of nitrogens with zero attached hydrogens (tertiary/aromatic N) is 1. The number of fused-ring (bicyclic) bond motifs is 1. The summed E-state index contributed by atoms with van der Waals surface area (Å²) in [6.07, 6.45) is 0.668. The number of hydrogen-bond acceptors (Lipinski definition) is 4. The second-order valence-electron chi connectivity index (χ2n) is 6.68. The lowest BCUT2D eigenvalue weighted by molar-refractivity contribution is -0.0399. The fraction of sp³-hybridized carbons (Fsp3) is 0.174. The van der Waals surface area contributed by atoms with E-state index in [-0.39, 0.29) is 6.29 Å². The third-order valence-electron chi connectivity index (χ3n) is 4.89. The summed E-state index contributed by atoms with van der Waals surface area (Å²) in [5.41, 5.74) is 5.41. The van der Waals surface area contributed by atoms with Gasteiger partial charge in [-0.1, -0.05) is 65.8 Å². The standard InChI is InChI=1S/C23H19NO3/c1-2-4-18(5-3-1)23-20-15-19(10-11-21(20)24-27-23)17-8-6-16(7-9-17)14-22-25-12-13-26-22/h1-11,15,22H,12-14H2. The van der Waals surface area contributed by atoms with Crippen LogP contribution in [0, 0.1) is 0 Å². The smallest absolute Gasteiger partial charge is 0.174 e. The highest BCUT2D eigenvalue weighted by atomic mass is 16.7. The molecular formula is C23H19NO3. The van der Waals surface area contributed by atoms with Crippen molar-refractivity contribution < 1.29 is 14.0 Å². The SMILES string of the molecule is c1ccc(-c2onc3ccc(-c4ccc(CC5OCCO5)cc4)cc23)cc1. The number of hydrogen-bond donors (Lipinski definition) is 0. The third-order valence-corrected chi connectivity index (χ3v) is 4.89. The minimum atomic E-state index is -0.113. The minimum absolute atomic E-state index is 0.113. The molecular weight excluding hydrogens is 338 g/mol. The van der Waals surface area contributed by atoms with Crippen molar-refractivity contribution in [2.75, 3.05) is 13.2 Å². The van der Waals surface area contributed by atoms with Gasteiger partial charge in [-0.2, -0.15) is 0 Å². The molecule has 2 heterocycles. The maximum absolute atomic E-state index is 5.61. The Hall–Kier alpha value is -2.95. The van der Waals surface area contributed by atoms with Crippen LogP contribution in [0.15, 0.2) is 77.3 Å². The van der Waals surface area contributed by atoms with Gasteiger partial charge in [-0.05, 0) is 28.8 Å². The van der Waals surface area contributed by atoms with E-state index in [0.29, 0.717) is 13.2 Å². The molecule has 0 bridgehead atoms. The van der Waals surface area contributed by atoms with Gasteiger partial charge in [0.2, 0.25) is 0 Å². The zero-order chi connectivity index (χ0) is 18.1. The van der Waals surface area contributed by atoms with E-state index in [9.17, 15) is 0 Å². The molecule has 3 aromatic carbocycles. The molecule has 1 fully saturated rings. The molecule has 5 rings (SSSR count). The second kappa shape index (κ2) is 6.99. The summed E-state index contributed by atoms with van der Waals surface area (Å²) in [4.78, 5) is 0. The van der Waals surface area contributed by atoms with Gasteiger partial charge in [-0.25, -0.2) is 0 Å². The van der Waals surface area contributed by atoms with Crippen molar-refractivity contribution in [3.05, 3.63) is 78.4 Å². The third kappa shape index (κ3) is 3.25. The van der Waals surface area contributed by atoms with Crippen molar-refractivity contribution in [3.8, 4) is 22.5 Å². The van der Waals surface area contributed by atoms with Crippen LogP contribution in [0.3, 0.4) is 0 Å². The van der Waals surface area contributed by atoms with Gasteiger partial charge in [-0.15, -0.1) is 0 Å². The Morgan fingerprint density at radius 1 is 0.778 bits per heavy atom.